The van der Waals surface area contributed by atoms with Crippen LogP contribution in [-0.4, -0.2) is 17.3 Å². The molecule has 0 heterocycles. The molecule has 0 spiro atoms. The molecule has 0 bridgehead atoms. The highest BCUT2D eigenvalue weighted by Crippen LogP contribution is 2.29. The summed E-state index contributed by atoms with van der Waals surface area (Å²) < 4.78 is 0.849. The van der Waals surface area contributed by atoms with Crippen molar-refractivity contribution >= 4 is 37.8 Å². The van der Waals surface area contributed by atoms with Gasteiger partial charge in [0.25, 0.3) is 5.91 Å². The Morgan fingerprint density at radius 3 is 2.72 bits per heavy atom. The molecule has 1 aliphatic rings. The Balaban J connectivity index is 1.90. The van der Waals surface area contributed by atoms with Crippen molar-refractivity contribution in [2.45, 2.75) is 30.5 Å². The van der Waals surface area contributed by atoms with Gasteiger partial charge in [0.15, 0.2) is 0 Å². The second-order valence-corrected chi connectivity index (χ2v) is 6.78. The van der Waals surface area contributed by atoms with E-state index >= 15 is 0 Å². The first-order valence-electron chi connectivity index (χ1n) is 6.35. The first-order chi connectivity index (χ1) is 8.68. The van der Waals surface area contributed by atoms with Crippen molar-refractivity contribution in [1.82, 2.24) is 5.32 Å². The molecule has 18 heavy (non-hydrogen) atoms. The average Bonchev–Trinajstić information content (AvgIpc) is 2.38. The van der Waals surface area contributed by atoms with E-state index in [-0.39, 0.29) is 5.91 Å². The molecule has 0 aromatic heterocycles. The molecule has 0 radical (unpaired) electrons. The van der Waals surface area contributed by atoms with Gasteiger partial charge in [0, 0.05) is 15.8 Å². The highest BCUT2D eigenvalue weighted by molar-refractivity contribution is 9.10. The van der Waals surface area contributed by atoms with Gasteiger partial charge in [-0.15, -0.1) is 0 Å². The van der Waals surface area contributed by atoms with E-state index in [9.17, 15) is 4.79 Å². The summed E-state index contributed by atoms with van der Waals surface area (Å²) in [4.78, 5) is 12.6. The third kappa shape index (κ3) is 3.58. The summed E-state index contributed by atoms with van der Waals surface area (Å²) in [5.74, 6) is 0.568. The molecule has 0 aliphatic heterocycles. The molecule has 1 N–H and O–H groups in total. The molecule has 98 valence electrons. The molecule has 1 fully saturated rings. The monoisotopic (exact) mass is 373 g/mol. The van der Waals surface area contributed by atoms with Crippen molar-refractivity contribution in [3.8, 4) is 0 Å². The van der Waals surface area contributed by atoms with Gasteiger partial charge >= 0.3 is 0 Å². The predicted molar refractivity (Wildman–Crippen MR) is 81.1 cm³/mol. The molecular weight excluding hydrogens is 358 g/mol. The van der Waals surface area contributed by atoms with Crippen LogP contribution in [0.2, 0.25) is 0 Å². The minimum Gasteiger partial charge on any atom is -0.352 e. The van der Waals surface area contributed by atoms with Crippen LogP contribution >= 0.6 is 31.9 Å². The zero-order valence-electron chi connectivity index (χ0n) is 10.2. The Hall–Kier alpha value is -0.350. The minimum atomic E-state index is 0.00717. The summed E-state index contributed by atoms with van der Waals surface area (Å²) in [7, 11) is 0. The van der Waals surface area contributed by atoms with Crippen LogP contribution in [0.3, 0.4) is 0 Å². The Morgan fingerprint density at radius 1 is 1.28 bits per heavy atom. The lowest BCUT2D eigenvalue weighted by Crippen LogP contribution is -2.34. The first-order valence-corrected chi connectivity index (χ1v) is 8.06. The second-order valence-electron chi connectivity index (χ2n) is 4.75. The van der Waals surface area contributed by atoms with Gasteiger partial charge < -0.3 is 5.32 Å². The highest BCUT2D eigenvalue weighted by Gasteiger charge is 2.23. The molecule has 1 amide bonds. The summed E-state index contributed by atoms with van der Waals surface area (Å²) >= 11 is 7.12. The van der Waals surface area contributed by atoms with Gasteiger partial charge in [-0.3, -0.25) is 4.79 Å². The molecule has 1 aromatic rings. The normalized spacial score (nSPS) is 23.7. The molecule has 2 atom stereocenters. The fourth-order valence-corrected chi connectivity index (χ4v) is 3.60. The van der Waals surface area contributed by atoms with Crippen LogP contribution < -0.4 is 5.32 Å². The summed E-state index contributed by atoms with van der Waals surface area (Å²) in [6, 6.07) is 7.53. The smallest absolute Gasteiger partial charge is 0.252 e. The van der Waals surface area contributed by atoms with Crippen LogP contribution in [0.15, 0.2) is 28.7 Å². The van der Waals surface area contributed by atoms with E-state index in [4.69, 9.17) is 0 Å². The third-order valence-electron chi connectivity index (χ3n) is 3.46. The van der Waals surface area contributed by atoms with Gasteiger partial charge in [-0.2, -0.15) is 0 Å². The molecule has 1 saturated carbocycles. The number of carbonyl (C=O) groups excluding carboxylic acids is 1. The van der Waals surface area contributed by atoms with Gasteiger partial charge in [-0.1, -0.05) is 40.9 Å². The van der Waals surface area contributed by atoms with Crippen molar-refractivity contribution in [2.24, 2.45) is 5.92 Å². The van der Waals surface area contributed by atoms with Gasteiger partial charge in [-0.25, -0.2) is 0 Å². The van der Waals surface area contributed by atoms with E-state index in [1.54, 1.807) is 0 Å². The number of benzene rings is 1. The van der Waals surface area contributed by atoms with E-state index in [2.05, 4.69) is 37.2 Å². The lowest BCUT2D eigenvalue weighted by atomic mass is 9.89. The van der Waals surface area contributed by atoms with E-state index in [1.807, 2.05) is 24.3 Å². The second kappa shape index (κ2) is 6.71. The largest absolute Gasteiger partial charge is 0.352 e. The minimum absolute atomic E-state index is 0.00717. The van der Waals surface area contributed by atoms with Crippen molar-refractivity contribution in [1.29, 1.82) is 0 Å². The SMILES string of the molecule is O=C(NCC1CCCCC1Br)c1ccccc1Br. The van der Waals surface area contributed by atoms with Gasteiger partial charge in [0.05, 0.1) is 5.56 Å². The standard InChI is InChI=1S/C14H17Br2NO/c15-12-7-3-1-5-10(12)9-17-14(18)11-6-2-4-8-13(11)16/h2,4,6,8,10,12H,1,3,5,7,9H2,(H,17,18). The number of carbonyl (C=O) groups is 1. The summed E-state index contributed by atoms with van der Waals surface area (Å²) in [6.45, 7) is 0.760. The van der Waals surface area contributed by atoms with E-state index < -0.39 is 0 Å². The highest BCUT2D eigenvalue weighted by atomic mass is 79.9. The molecule has 2 nitrogen and oxygen atoms in total. The molecule has 1 aliphatic carbocycles. The Bertz CT molecular complexity index is 422. The first kappa shape index (κ1) is 14.1. The fraction of sp³-hybridized carbons (Fsp3) is 0.500. The zero-order chi connectivity index (χ0) is 13.0. The average molecular weight is 375 g/mol. The van der Waals surface area contributed by atoms with Crippen LogP contribution in [0.4, 0.5) is 0 Å². The van der Waals surface area contributed by atoms with Crippen molar-refractivity contribution in [3.05, 3.63) is 34.3 Å². The number of nitrogens with one attached hydrogen (secondary N) is 1. The van der Waals surface area contributed by atoms with Crippen LogP contribution in [0.5, 0.6) is 0 Å². The Kier molecular flexibility index (Phi) is 5.25. The molecule has 2 rings (SSSR count). The number of hydrogen-bond donors (Lipinski definition) is 1. The number of halogens is 2. The van der Waals surface area contributed by atoms with Crippen LogP contribution in [0, 0.1) is 5.92 Å². The quantitative estimate of drug-likeness (QED) is 0.791. The van der Waals surface area contributed by atoms with Crippen molar-refractivity contribution in [3.63, 3.8) is 0 Å². The maximum Gasteiger partial charge on any atom is 0.252 e. The molecule has 4 heteroatoms. The van der Waals surface area contributed by atoms with Crippen LogP contribution in [0.25, 0.3) is 0 Å². The number of rotatable bonds is 3. The topological polar surface area (TPSA) is 29.1 Å². The maximum atomic E-state index is 12.1. The predicted octanol–water partition coefficient (Wildman–Crippen LogP) is 4.13. The molecular formula is C14H17Br2NO. The van der Waals surface area contributed by atoms with Crippen LogP contribution in [-0.2, 0) is 0 Å². The van der Waals surface area contributed by atoms with Crippen LogP contribution in [0.1, 0.15) is 36.0 Å². The summed E-state index contributed by atoms with van der Waals surface area (Å²) in [6.07, 6.45) is 4.99. The Labute approximate surface area is 125 Å². The fourth-order valence-electron chi connectivity index (χ4n) is 2.36. The number of amides is 1. The molecule has 2 unspecified atom stereocenters. The van der Waals surface area contributed by atoms with E-state index in [1.165, 1.54) is 25.7 Å². The molecule has 1 aromatic carbocycles. The third-order valence-corrected chi connectivity index (χ3v) is 5.36. The van der Waals surface area contributed by atoms with Gasteiger partial charge in [0.1, 0.15) is 0 Å². The van der Waals surface area contributed by atoms with Gasteiger partial charge in [0.2, 0.25) is 0 Å². The lowest BCUT2D eigenvalue weighted by molar-refractivity contribution is 0.0943. The van der Waals surface area contributed by atoms with E-state index in [0.717, 1.165) is 11.0 Å². The zero-order valence-corrected chi connectivity index (χ0v) is 13.3. The molecule has 0 saturated heterocycles. The number of hydrogen-bond acceptors (Lipinski definition) is 1. The lowest BCUT2D eigenvalue weighted by Gasteiger charge is -2.27. The summed E-state index contributed by atoms with van der Waals surface area (Å²) in [5, 5.41) is 3.04. The van der Waals surface area contributed by atoms with Gasteiger partial charge in [-0.05, 0) is 46.8 Å². The summed E-state index contributed by atoms with van der Waals surface area (Å²) in [5.41, 5.74) is 0.708. The maximum absolute atomic E-state index is 12.1. The number of alkyl halides is 1. The van der Waals surface area contributed by atoms with Crippen molar-refractivity contribution in [2.75, 3.05) is 6.54 Å². The van der Waals surface area contributed by atoms with Crippen molar-refractivity contribution < 1.29 is 4.79 Å². The Morgan fingerprint density at radius 2 is 2.00 bits per heavy atom. The van der Waals surface area contributed by atoms with E-state index in [0.29, 0.717) is 16.3 Å².